The van der Waals surface area contributed by atoms with E-state index in [4.69, 9.17) is 14.5 Å². The third kappa shape index (κ3) is 12.0. The Kier molecular flexibility index (Phi) is 16.7. The second-order valence-corrected chi connectivity index (χ2v) is 16.3. The number of hydrogen-bond acceptors (Lipinski definition) is 12. The minimum atomic E-state index is -0.694. The Morgan fingerprint density at radius 2 is 1.33 bits per heavy atom. The molecule has 4 atom stereocenters. The molecule has 63 heavy (non-hydrogen) atoms. The van der Waals surface area contributed by atoms with Crippen molar-refractivity contribution >= 4 is 40.7 Å². The van der Waals surface area contributed by atoms with E-state index in [-0.39, 0.29) is 23.8 Å². The van der Waals surface area contributed by atoms with Crippen LogP contribution in [0.15, 0.2) is 55.0 Å². The first-order valence-corrected chi connectivity index (χ1v) is 22.5. The van der Waals surface area contributed by atoms with Crippen LogP contribution in [0.1, 0.15) is 71.7 Å². The second kappa shape index (κ2) is 22.5. The van der Waals surface area contributed by atoms with Crippen molar-refractivity contribution in [1.29, 1.82) is 0 Å². The molecule has 2 fully saturated rings. The SMILES string of the molecule is CCN(CC)CC[C@H](NC(=O)OC)C(=O)N1CCC[C@H]1c1ncc(-c2ccc3cc(-c4cnc(NC[C@H]5CCN(C(=O)[C@@H](CCN(CC)CC)NC(=O)OC)C5)nc4)ccc3c2)[nH]1. The molecule has 0 spiro atoms. The first-order chi connectivity index (χ1) is 30.6. The van der Waals surface area contributed by atoms with Crippen LogP contribution in [0.5, 0.6) is 0 Å². The maximum Gasteiger partial charge on any atom is 0.407 e. The fraction of sp³-hybridized carbons (Fsp3) is 0.543. The molecule has 17 nitrogen and oxygen atoms in total. The fourth-order valence-electron chi connectivity index (χ4n) is 8.60. The molecule has 0 radical (unpaired) electrons. The van der Waals surface area contributed by atoms with E-state index in [0.717, 1.165) is 84.4 Å². The summed E-state index contributed by atoms with van der Waals surface area (Å²) in [7, 11) is 2.62. The van der Waals surface area contributed by atoms with Gasteiger partial charge in [-0.2, -0.15) is 0 Å². The van der Waals surface area contributed by atoms with Crippen LogP contribution < -0.4 is 16.0 Å². The number of amides is 4. The minimum absolute atomic E-state index is 0.0817. The van der Waals surface area contributed by atoms with Gasteiger partial charge in [-0.1, -0.05) is 52.0 Å². The standard InChI is InChI=1S/C46H65N11O6/c1-7-54(8-2)21-18-37(52-45(60)62-5)42(58)56-23-17-31(30-56)26-48-44-49-27-36(28-50-44)34-14-13-33-25-35(16-15-32(33)24-34)39-29-47-41(51-39)40-12-11-20-57(40)43(59)38(53-46(61)63-6)19-22-55(9-3)10-4/h13-16,24-25,27-29,31,37-38,40H,7-12,17-23,26,30H2,1-6H3,(H,47,51)(H,52,60)(H,53,61)(H,48,49,50)/t31-,37-,38+,40+/m1/s1. The molecule has 2 aromatic heterocycles. The predicted molar refractivity (Wildman–Crippen MR) is 243 cm³/mol. The number of hydrogen-bond donors (Lipinski definition) is 4. The fourth-order valence-corrected chi connectivity index (χ4v) is 8.60. The number of rotatable bonds is 20. The van der Waals surface area contributed by atoms with Gasteiger partial charge in [0.25, 0.3) is 0 Å². The molecule has 0 bridgehead atoms. The van der Waals surface area contributed by atoms with E-state index in [9.17, 15) is 19.2 Å². The van der Waals surface area contributed by atoms with Gasteiger partial charge in [-0.3, -0.25) is 9.59 Å². The van der Waals surface area contributed by atoms with Gasteiger partial charge in [0.15, 0.2) is 0 Å². The molecule has 4 amide bonds. The van der Waals surface area contributed by atoms with Crippen molar-refractivity contribution in [2.75, 3.05) is 85.0 Å². The summed E-state index contributed by atoms with van der Waals surface area (Å²) in [6.07, 6.45) is 7.71. The number of fused-ring (bicyclic) bond motifs is 1. The Morgan fingerprint density at radius 1 is 0.746 bits per heavy atom. The van der Waals surface area contributed by atoms with Gasteiger partial charge in [-0.05, 0) is 92.7 Å². The number of methoxy groups -OCH3 is 2. The molecular weight excluding hydrogens is 803 g/mol. The summed E-state index contributed by atoms with van der Waals surface area (Å²) in [6.45, 7) is 15.6. The number of H-pyrrole nitrogens is 1. The number of aromatic nitrogens is 4. The number of carbonyl (C=O) groups is 4. The van der Waals surface area contributed by atoms with Gasteiger partial charge in [-0.15, -0.1) is 0 Å². The normalized spacial score (nSPS) is 17.3. The van der Waals surface area contributed by atoms with Crippen LogP contribution in [0.25, 0.3) is 33.2 Å². The van der Waals surface area contributed by atoms with Crippen molar-refractivity contribution in [1.82, 2.24) is 50.2 Å². The van der Waals surface area contributed by atoms with E-state index < -0.39 is 24.3 Å². The molecule has 2 aliphatic rings. The van der Waals surface area contributed by atoms with Crippen LogP contribution in [-0.4, -0.2) is 155 Å². The number of carbonyl (C=O) groups excluding carboxylic acids is 4. The van der Waals surface area contributed by atoms with Gasteiger partial charge in [0.05, 0.1) is 32.2 Å². The summed E-state index contributed by atoms with van der Waals surface area (Å²) >= 11 is 0. The topological polar surface area (TPSA) is 190 Å². The molecule has 17 heteroatoms. The number of imidazole rings is 1. The molecule has 4 N–H and O–H groups in total. The molecule has 2 aromatic carbocycles. The van der Waals surface area contributed by atoms with E-state index in [2.05, 4.69) is 105 Å². The Bertz CT molecular complexity index is 2140. The summed E-state index contributed by atoms with van der Waals surface area (Å²) in [4.78, 5) is 77.2. The highest BCUT2D eigenvalue weighted by Crippen LogP contribution is 2.34. The van der Waals surface area contributed by atoms with Crippen LogP contribution in [-0.2, 0) is 19.1 Å². The van der Waals surface area contributed by atoms with Gasteiger partial charge in [0.2, 0.25) is 17.8 Å². The van der Waals surface area contributed by atoms with E-state index in [1.165, 1.54) is 14.2 Å². The van der Waals surface area contributed by atoms with Crippen LogP contribution in [0.2, 0.25) is 0 Å². The number of ether oxygens (including phenoxy) is 2. The van der Waals surface area contributed by atoms with Crippen molar-refractivity contribution in [3.05, 3.63) is 60.8 Å². The largest absolute Gasteiger partial charge is 0.453 e. The van der Waals surface area contributed by atoms with Gasteiger partial charge in [0.1, 0.15) is 17.9 Å². The maximum atomic E-state index is 13.9. The third-order valence-corrected chi connectivity index (χ3v) is 12.5. The molecule has 2 aliphatic heterocycles. The highest BCUT2D eigenvalue weighted by atomic mass is 16.5. The molecule has 0 unspecified atom stereocenters. The lowest BCUT2D eigenvalue weighted by Crippen LogP contribution is -2.49. The van der Waals surface area contributed by atoms with Gasteiger partial charge < -0.3 is 50.0 Å². The average Bonchev–Trinajstić information content (AvgIpc) is 4.12. The zero-order valence-corrected chi connectivity index (χ0v) is 37.7. The number of nitrogens with one attached hydrogen (secondary N) is 4. The Hall–Kier alpha value is -5.81. The predicted octanol–water partition coefficient (Wildman–Crippen LogP) is 5.52. The van der Waals surface area contributed by atoms with Crippen LogP contribution in [0.3, 0.4) is 0 Å². The molecule has 0 saturated carbocycles. The van der Waals surface area contributed by atoms with Crippen molar-refractivity contribution in [3.8, 4) is 22.4 Å². The summed E-state index contributed by atoms with van der Waals surface area (Å²) < 4.78 is 9.66. The van der Waals surface area contributed by atoms with E-state index in [1.807, 2.05) is 28.4 Å². The number of anilines is 1. The average molecular weight is 868 g/mol. The van der Waals surface area contributed by atoms with Crippen molar-refractivity contribution in [2.24, 2.45) is 5.92 Å². The highest BCUT2D eigenvalue weighted by Gasteiger charge is 2.37. The van der Waals surface area contributed by atoms with Gasteiger partial charge in [0, 0.05) is 62.8 Å². The summed E-state index contributed by atoms with van der Waals surface area (Å²) in [6, 6.07) is 11.0. The molecule has 2 saturated heterocycles. The van der Waals surface area contributed by atoms with Crippen LogP contribution >= 0.6 is 0 Å². The smallest absolute Gasteiger partial charge is 0.407 e. The number of benzene rings is 2. The first-order valence-electron chi connectivity index (χ1n) is 22.5. The van der Waals surface area contributed by atoms with Crippen molar-refractivity contribution in [3.63, 3.8) is 0 Å². The monoisotopic (exact) mass is 868 g/mol. The summed E-state index contributed by atoms with van der Waals surface area (Å²) in [5, 5.41) is 11.0. The van der Waals surface area contributed by atoms with Crippen LogP contribution in [0.4, 0.5) is 15.5 Å². The molecular formula is C46H65N11O6. The first kappa shape index (κ1) is 46.7. The summed E-state index contributed by atoms with van der Waals surface area (Å²) in [5.74, 6) is 1.27. The summed E-state index contributed by atoms with van der Waals surface area (Å²) in [5.41, 5.74) is 3.73. The second-order valence-electron chi connectivity index (χ2n) is 16.3. The molecule has 4 aromatic rings. The van der Waals surface area contributed by atoms with E-state index >= 15 is 0 Å². The lowest BCUT2D eigenvalue weighted by molar-refractivity contribution is -0.135. The number of alkyl carbamates (subject to hydrolysis) is 2. The molecule has 6 rings (SSSR count). The van der Waals surface area contributed by atoms with Gasteiger partial charge >= 0.3 is 12.2 Å². The number of aromatic amines is 1. The van der Waals surface area contributed by atoms with E-state index in [1.54, 1.807) is 0 Å². The minimum Gasteiger partial charge on any atom is -0.453 e. The Morgan fingerprint density at radius 3 is 1.94 bits per heavy atom. The highest BCUT2D eigenvalue weighted by molar-refractivity contribution is 5.90. The zero-order chi connectivity index (χ0) is 44.9. The lowest BCUT2D eigenvalue weighted by atomic mass is 10.0. The van der Waals surface area contributed by atoms with Crippen molar-refractivity contribution in [2.45, 2.75) is 77.9 Å². The van der Waals surface area contributed by atoms with Gasteiger partial charge in [-0.25, -0.2) is 24.5 Å². The Labute approximate surface area is 370 Å². The molecule has 340 valence electrons. The van der Waals surface area contributed by atoms with Crippen LogP contribution in [0, 0.1) is 5.92 Å². The maximum absolute atomic E-state index is 13.9. The number of likely N-dealkylation sites (tertiary alicyclic amines) is 2. The van der Waals surface area contributed by atoms with Crippen molar-refractivity contribution < 1.29 is 28.7 Å². The molecule has 0 aliphatic carbocycles. The Balaban J connectivity index is 1.04. The third-order valence-electron chi connectivity index (χ3n) is 12.5. The molecule has 4 heterocycles. The van der Waals surface area contributed by atoms with E-state index in [0.29, 0.717) is 58.1 Å². The quantitative estimate of drug-likeness (QED) is 0.0872. The lowest BCUT2D eigenvalue weighted by Gasteiger charge is -2.29. The number of nitrogens with zero attached hydrogens (tertiary/aromatic N) is 7. The zero-order valence-electron chi connectivity index (χ0n) is 37.7.